The lowest BCUT2D eigenvalue weighted by atomic mass is 9.94. The first-order valence-electron chi connectivity index (χ1n) is 10.7. The second-order valence-corrected chi connectivity index (χ2v) is 8.53. The lowest BCUT2D eigenvalue weighted by Crippen LogP contribution is -2.71. The van der Waals surface area contributed by atoms with Crippen LogP contribution in [0.5, 0.6) is 0 Å². The maximum atomic E-state index is 11.9. The maximum Gasteiger partial charge on any atom is 0.407 e. The van der Waals surface area contributed by atoms with E-state index in [-0.39, 0.29) is 6.54 Å². The Morgan fingerprint density at radius 1 is 0.943 bits per heavy atom. The Labute approximate surface area is 202 Å². The molecule has 0 radical (unpaired) electrons. The van der Waals surface area contributed by atoms with Crippen LogP contribution in [-0.2, 0) is 52.3 Å². The van der Waals surface area contributed by atoms with Crippen LogP contribution >= 0.6 is 0 Å². The van der Waals surface area contributed by atoms with Gasteiger partial charge in [-0.1, -0.05) is 0 Å². The van der Waals surface area contributed by atoms with Gasteiger partial charge in [0.15, 0.2) is 6.10 Å². The van der Waals surface area contributed by atoms with Crippen LogP contribution in [0.15, 0.2) is 0 Å². The van der Waals surface area contributed by atoms with Crippen molar-refractivity contribution in [1.82, 2.24) is 5.32 Å². The van der Waals surface area contributed by atoms with Crippen molar-refractivity contribution < 1.29 is 62.2 Å². The first kappa shape index (κ1) is 30.1. The average Bonchev–Trinajstić information content (AvgIpc) is 2.67. The summed E-state index contributed by atoms with van der Waals surface area (Å²) in [4.78, 5) is 58.8. The summed E-state index contributed by atoms with van der Waals surface area (Å²) in [6, 6.07) is 0. The monoisotopic (exact) mass is 507 g/mol. The Morgan fingerprint density at radius 3 is 2.03 bits per heavy atom. The number of aliphatic hydroxyl groups excluding tert-OH is 1. The van der Waals surface area contributed by atoms with Crippen molar-refractivity contribution in [3.05, 3.63) is 0 Å². The van der Waals surface area contributed by atoms with E-state index in [0.717, 1.165) is 27.7 Å². The first-order valence-corrected chi connectivity index (χ1v) is 10.7. The predicted molar refractivity (Wildman–Crippen MR) is 113 cm³/mol. The topological polar surface area (TPSA) is 182 Å². The highest BCUT2D eigenvalue weighted by Gasteiger charge is 2.64. The number of aliphatic hydroxyl groups is 1. The number of nitrogens with one attached hydrogen (secondary N) is 1. The zero-order valence-corrected chi connectivity index (χ0v) is 20.8. The summed E-state index contributed by atoms with van der Waals surface area (Å²) in [7, 11) is 0. The number of ether oxygens (including phenoxy) is 7. The quantitative estimate of drug-likeness (QED) is 0.183. The fourth-order valence-electron chi connectivity index (χ4n) is 3.09. The molecule has 0 bridgehead atoms. The molecule has 1 aliphatic heterocycles. The Morgan fingerprint density at radius 2 is 1.54 bits per heavy atom. The van der Waals surface area contributed by atoms with E-state index in [1.54, 1.807) is 20.8 Å². The minimum atomic E-state index is -2.51. The molecule has 0 unspecified atom stereocenters. The third kappa shape index (κ3) is 9.66. The number of hydrogen-bond donors (Lipinski definition) is 2. The van der Waals surface area contributed by atoms with Crippen LogP contribution in [0.25, 0.3) is 0 Å². The molecular formula is C21H33NO13. The molecule has 1 heterocycles. The molecule has 0 spiro atoms. The van der Waals surface area contributed by atoms with Crippen molar-refractivity contribution in [3.63, 3.8) is 0 Å². The molecule has 0 aromatic heterocycles. The van der Waals surface area contributed by atoms with E-state index in [4.69, 9.17) is 33.2 Å². The van der Waals surface area contributed by atoms with Gasteiger partial charge >= 0.3 is 35.8 Å². The molecule has 1 fully saturated rings. The zero-order chi connectivity index (χ0) is 27.0. The van der Waals surface area contributed by atoms with Gasteiger partial charge in [-0.05, 0) is 20.8 Å². The van der Waals surface area contributed by atoms with Crippen LogP contribution in [0.3, 0.4) is 0 Å². The van der Waals surface area contributed by atoms with Crippen LogP contribution < -0.4 is 5.32 Å². The smallest absolute Gasteiger partial charge is 0.407 e. The predicted octanol–water partition coefficient (Wildman–Crippen LogP) is -0.0692. The summed E-state index contributed by atoms with van der Waals surface area (Å²) in [5.41, 5.74) is -0.758. The van der Waals surface area contributed by atoms with Crippen molar-refractivity contribution in [1.29, 1.82) is 0 Å². The number of hydrogen-bond acceptors (Lipinski definition) is 13. The van der Waals surface area contributed by atoms with Crippen molar-refractivity contribution in [2.75, 3.05) is 19.8 Å². The SMILES string of the molecule is CC(=O)OC[C@H]1O[C@H](O)[C@@](OCCNC(=O)OC(C)(C)C)(OC(C)=O)[C@@H](OC(C)=O)[C@@H]1OC(C)=O. The largest absolute Gasteiger partial charge is 0.463 e. The van der Waals surface area contributed by atoms with Crippen LogP contribution in [0, 0.1) is 0 Å². The second-order valence-electron chi connectivity index (χ2n) is 8.53. The lowest BCUT2D eigenvalue weighted by molar-refractivity contribution is -0.407. The Kier molecular flexibility index (Phi) is 10.9. The highest BCUT2D eigenvalue weighted by molar-refractivity contribution is 5.69. The fourth-order valence-corrected chi connectivity index (χ4v) is 3.09. The molecule has 5 atom stereocenters. The third-order valence-corrected chi connectivity index (χ3v) is 4.16. The summed E-state index contributed by atoms with van der Waals surface area (Å²) < 4.78 is 36.7. The summed E-state index contributed by atoms with van der Waals surface area (Å²) in [6.07, 6.45) is -7.46. The second kappa shape index (κ2) is 12.7. The molecule has 1 amide bonds. The van der Waals surface area contributed by atoms with Crippen LogP contribution in [0.4, 0.5) is 4.79 Å². The fraction of sp³-hybridized carbons (Fsp3) is 0.762. The van der Waals surface area contributed by atoms with E-state index in [9.17, 15) is 29.1 Å². The average molecular weight is 507 g/mol. The van der Waals surface area contributed by atoms with Gasteiger partial charge in [-0.3, -0.25) is 19.2 Å². The molecule has 0 aromatic rings. The van der Waals surface area contributed by atoms with Gasteiger partial charge in [0.1, 0.15) is 18.3 Å². The van der Waals surface area contributed by atoms with Crippen molar-refractivity contribution >= 4 is 30.0 Å². The third-order valence-electron chi connectivity index (χ3n) is 4.16. The van der Waals surface area contributed by atoms with Gasteiger partial charge in [-0.25, -0.2) is 4.79 Å². The normalized spacial score (nSPS) is 26.2. The standard InChI is InChI=1S/C21H33NO13/c1-11(23)29-10-15-16(31-12(2)24)17(32-13(3)25)21(18(27)33-15,34-14(4)26)30-9-8-22-19(28)35-20(5,6)7/h15-18,27H,8-10H2,1-7H3,(H,22,28)/t15-,16-,17+,18+,21+/m1/s1. The maximum absolute atomic E-state index is 11.9. The van der Waals surface area contributed by atoms with Gasteiger partial charge in [0.25, 0.3) is 0 Å². The van der Waals surface area contributed by atoms with Crippen molar-refractivity contribution in [2.45, 2.75) is 84.5 Å². The Bertz CT molecular complexity index is 793. The van der Waals surface area contributed by atoms with Crippen molar-refractivity contribution in [3.8, 4) is 0 Å². The first-order chi connectivity index (χ1) is 16.1. The summed E-state index contributed by atoms with van der Waals surface area (Å²) in [5, 5.41) is 13.2. The molecule has 2 N–H and O–H groups in total. The van der Waals surface area contributed by atoms with Crippen molar-refractivity contribution in [2.24, 2.45) is 0 Å². The van der Waals surface area contributed by atoms with Crippen LogP contribution in [-0.4, -0.2) is 90.8 Å². The highest BCUT2D eigenvalue weighted by Crippen LogP contribution is 2.37. The Balaban J connectivity index is 3.26. The molecule has 1 rings (SSSR count). The van der Waals surface area contributed by atoms with Gasteiger partial charge in [-0.2, -0.15) is 0 Å². The number of carbonyl (C=O) groups excluding carboxylic acids is 5. The van der Waals surface area contributed by atoms with Gasteiger partial charge in [0.05, 0.1) is 6.61 Å². The van der Waals surface area contributed by atoms with Gasteiger partial charge < -0.3 is 43.6 Å². The van der Waals surface area contributed by atoms with Gasteiger partial charge in [0, 0.05) is 34.2 Å². The summed E-state index contributed by atoms with van der Waals surface area (Å²) >= 11 is 0. The Hall–Kier alpha value is -2.97. The zero-order valence-electron chi connectivity index (χ0n) is 20.8. The number of rotatable bonds is 9. The molecule has 35 heavy (non-hydrogen) atoms. The van der Waals surface area contributed by atoms with E-state index in [0.29, 0.717) is 0 Å². The van der Waals surface area contributed by atoms with E-state index >= 15 is 0 Å². The molecule has 200 valence electrons. The number of alkyl carbamates (subject to hydrolysis) is 1. The number of carbonyl (C=O) groups is 5. The molecular weight excluding hydrogens is 474 g/mol. The summed E-state index contributed by atoms with van der Waals surface area (Å²) in [5.74, 6) is -5.93. The van der Waals surface area contributed by atoms with E-state index < -0.39 is 79.2 Å². The molecule has 0 aliphatic carbocycles. The van der Waals surface area contributed by atoms with Crippen LogP contribution in [0.2, 0.25) is 0 Å². The highest BCUT2D eigenvalue weighted by atomic mass is 16.8. The summed E-state index contributed by atoms with van der Waals surface area (Å²) in [6.45, 7) is 8.10. The van der Waals surface area contributed by atoms with Gasteiger partial charge in [-0.15, -0.1) is 0 Å². The van der Waals surface area contributed by atoms with Crippen LogP contribution in [0.1, 0.15) is 48.5 Å². The molecule has 1 aliphatic rings. The minimum Gasteiger partial charge on any atom is -0.463 e. The molecule has 1 saturated heterocycles. The van der Waals surface area contributed by atoms with Gasteiger partial charge in [0.2, 0.25) is 12.4 Å². The number of amides is 1. The minimum absolute atomic E-state index is 0.188. The van der Waals surface area contributed by atoms with E-state index in [2.05, 4.69) is 5.32 Å². The molecule has 14 heteroatoms. The molecule has 14 nitrogen and oxygen atoms in total. The van der Waals surface area contributed by atoms with E-state index in [1.165, 1.54) is 0 Å². The number of esters is 4. The van der Waals surface area contributed by atoms with E-state index in [1.807, 2.05) is 0 Å². The lowest BCUT2D eigenvalue weighted by Gasteiger charge is -2.49. The molecule has 0 saturated carbocycles. The molecule has 0 aromatic carbocycles.